The summed E-state index contributed by atoms with van der Waals surface area (Å²) in [6, 6.07) is 0. The second-order valence-electron chi connectivity index (χ2n) is 6.59. The van der Waals surface area contributed by atoms with Gasteiger partial charge in [-0.3, -0.25) is 0 Å². The van der Waals surface area contributed by atoms with Gasteiger partial charge in [-0.1, -0.05) is 46.8 Å². The molecule has 0 bridgehead atoms. The quantitative estimate of drug-likeness (QED) is 0.727. The predicted octanol–water partition coefficient (Wildman–Crippen LogP) is 4.04. The molecule has 19 heavy (non-hydrogen) atoms. The molecule has 1 heterocycles. The normalized spacial score (nSPS) is 44.1. The molecule has 6 atom stereocenters. The zero-order valence-electron chi connectivity index (χ0n) is 13.3. The summed E-state index contributed by atoms with van der Waals surface area (Å²) in [6.45, 7) is 11.6. The first-order valence-electron chi connectivity index (χ1n) is 7.92. The summed E-state index contributed by atoms with van der Waals surface area (Å²) in [5.74, 6) is 1.66. The third-order valence-electron chi connectivity index (χ3n) is 4.48. The van der Waals surface area contributed by atoms with E-state index in [2.05, 4.69) is 46.8 Å². The van der Waals surface area contributed by atoms with Gasteiger partial charge in [0.2, 0.25) is 0 Å². The molecular formula is C17H32O2. The molecule has 1 rings (SSSR count). The van der Waals surface area contributed by atoms with Crippen LogP contribution in [0.3, 0.4) is 0 Å². The van der Waals surface area contributed by atoms with E-state index in [9.17, 15) is 5.11 Å². The van der Waals surface area contributed by atoms with E-state index in [1.807, 2.05) is 0 Å². The van der Waals surface area contributed by atoms with Gasteiger partial charge in [0.05, 0.1) is 18.8 Å². The Morgan fingerprint density at radius 2 is 1.84 bits per heavy atom. The molecule has 0 saturated carbocycles. The van der Waals surface area contributed by atoms with E-state index < -0.39 is 0 Å². The van der Waals surface area contributed by atoms with Gasteiger partial charge in [0.1, 0.15) is 0 Å². The van der Waals surface area contributed by atoms with Crippen LogP contribution < -0.4 is 0 Å². The maximum atomic E-state index is 10.4. The first-order chi connectivity index (χ1) is 8.95. The van der Waals surface area contributed by atoms with E-state index >= 15 is 0 Å². The average molecular weight is 268 g/mol. The molecule has 2 nitrogen and oxygen atoms in total. The summed E-state index contributed by atoms with van der Waals surface area (Å²) in [7, 11) is 0. The molecule has 0 aromatic carbocycles. The summed E-state index contributed by atoms with van der Waals surface area (Å²) in [5, 5.41) is 10.4. The van der Waals surface area contributed by atoms with Crippen LogP contribution in [0.2, 0.25) is 0 Å². The van der Waals surface area contributed by atoms with E-state index in [-0.39, 0.29) is 18.1 Å². The van der Waals surface area contributed by atoms with Crippen LogP contribution in [0.15, 0.2) is 12.2 Å². The summed E-state index contributed by atoms with van der Waals surface area (Å²) in [6.07, 6.45) is 7.84. The lowest BCUT2D eigenvalue weighted by Gasteiger charge is -2.30. The SMILES string of the molecule is CC[C@H]1OC[C@@H](C)[C@@H](O)[C@@H](C)C[C@H](C)C/C=C/[C@H]1C. The molecule has 0 amide bonds. The topological polar surface area (TPSA) is 29.5 Å². The Labute approximate surface area is 119 Å². The van der Waals surface area contributed by atoms with Crippen molar-refractivity contribution in [3.63, 3.8) is 0 Å². The fourth-order valence-electron chi connectivity index (χ4n) is 3.10. The van der Waals surface area contributed by atoms with Gasteiger partial charge in [0, 0.05) is 11.8 Å². The number of ether oxygens (including phenoxy) is 1. The van der Waals surface area contributed by atoms with E-state index in [4.69, 9.17) is 4.74 Å². The van der Waals surface area contributed by atoms with Crippen LogP contribution in [0.25, 0.3) is 0 Å². The van der Waals surface area contributed by atoms with Crippen molar-refractivity contribution < 1.29 is 9.84 Å². The Kier molecular flexibility index (Phi) is 7.09. The molecular weight excluding hydrogens is 236 g/mol. The minimum absolute atomic E-state index is 0.215. The zero-order chi connectivity index (χ0) is 14.4. The maximum absolute atomic E-state index is 10.4. The van der Waals surface area contributed by atoms with Crippen molar-refractivity contribution in [2.45, 2.75) is 66.1 Å². The van der Waals surface area contributed by atoms with Crippen molar-refractivity contribution >= 4 is 0 Å². The number of hydrogen-bond acceptors (Lipinski definition) is 2. The molecule has 0 spiro atoms. The highest BCUT2D eigenvalue weighted by Gasteiger charge is 2.25. The Morgan fingerprint density at radius 1 is 1.16 bits per heavy atom. The molecule has 0 saturated heterocycles. The number of rotatable bonds is 1. The van der Waals surface area contributed by atoms with Crippen LogP contribution in [0.1, 0.15) is 53.9 Å². The van der Waals surface area contributed by atoms with Crippen LogP contribution in [-0.4, -0.2) is 23.9 Å². The largest absolute Gasteiger partial charge is 0.392 e. The maximum Gasteiger partial charge on any atom is 0.0632 e. The summed E-state index contributed by atoms with van der Waals surface area (Å²) in [5.41, 5.74) is 0. The van der Waals surface area contributed by atoms with E-state index in [1.54, 1.807) is 0 Å². The van der Waals surface area contributed by atoms with E-state index in [0.29, 0.717) is 24.4 Å². The second-order valence-corrected chi connectivity index (χ2v) is 6.59. The molecule has 0 fully saturated rings. The van der Waals surface area contributed by atoms with Gasteiger partial charge in [-0.2, -0.15) is 0 Å². The van der Waals surface area contributed by atoms with Gasteiger partial charge >= 0.3 is 0 Å². The monoisotopic (exact) mass is 268 g/mol. The molecule has 0 unspecified atom stereocenters. The summed E-state index contributed by atoms with van der Waals surface area (Å²) in [4.78, 5) is 0. The standard InChI is InChI=1S/C17H32O2/c1-6-16-13(3)9-7-8-12(2)10-14(4)17(18)15(5)11-19-16/h7,9,12-18H,6,8,10-11H2,1-5H3/b9-7+/t12-,13-,14+,15-,16-,17+/m1/s1. The molecule has 1 N–H and O–H groups in total. The number of aliphatic hydroxyl groups excluding tert-OH is 1. The molecule has 112 valence electrons. The lowest BCUT2D eigenvalue weighted by Crippen LogP contribution is -2.32. The van der Waals surface area contributed by atoms with Crippen molar-refractivity contribution in [2.75, 3.05) is 6.61 Å². The van der Waals surface area contributed by atoms with Gasteiger partial charge in [-0.05, 0) is 31.1 Å². The Bertz CT molecular complexity index is 274. The molecule has 0 aromatic heterocycles. The number of aliphatic hydroxyl groups is 1. The highest BCUT2D eigenvalue weighted by molar-refractivity contribution is 4.92. The molecule has 0 aromatic rings. The Balaban J connectivity index is 2.76. The third kappa shape index (κ3) is 5.27. The molecule has 1 aliphatic rings. The average Bonchev–Trinajstić information content (AvgIpc) is 2.37. The second kappa shape index (κ2) is 8.06. The van der Waals surface area contributed by atoms with Crippen molar-refractivity contribution in [1.82, 2.24) is 0 Å². The van der Waals surface area contributed by atoms with E-state index in [0.717, 1.165) is 19.3 Å². The Morgan fingerprint density at radius 3 is 2.47 bits per heavy atom. The molecule has 1 aliphatic heterocycles. The fraction of sp³-hybridized carbons (Fsp3) is 0.882. The third-order valence-corrected chi connectivity index (χ3v) is 4.48. The highest BCUT2D eigenvalue weighted by atomic mass is 16.5. The fourth-order valence-corrected chi connectivity index (χ4v) is 3.10. The zero-order valence-corrected chi connectivity index (χ0v) is 13.3. The number of hydrogen-bond donors (Lipinski definition) is 1. The summed E-state index contributed by atoms with van der Waals surface area (Å²) >= 11 is 0. The number of allylic oxidation sites excluding steroid dienone is 1. The van der Waals surface area contributed by atoms with Crippen molar-refractivity contribution in [2.24, 2.45) is 23.7 Å². The first kappa shape index (κ1) is 16.7. The predicted molar refractivity (Wildman–Crippen MR) is 81.1 cm³/mol. The van der Waals surface area contributed by atoms with Gasteiger partial charge in [-0.25, -0.2) is 0 Å². The molecule has 0 radical (unpaired) electrons. The van der Waals surface area contributed by atoms with Crippen molar-refractivity contribution in [1.29, 1.82) is 0 Å². The molecule has 0 aliphatic carbocycles. The van der Waals surface area contributed by atoms with Gasteiger partial charge in [0.25, 0.3) is 0 Å². The lowest BCUT2D eigenvalue weighted by atomic mass is 9.85. The van der Waals surface area contributed by atoms with Crippen LogP contribution >= 0.6 is 0 Å². The minimum atomic E-state index is -0.251. The summed E-state index contributed by atoms with van der Waals surface area (Å²) < 4.78 is 6.02. The smallest absolute Gasteiger partial charge is 0.0632 e. The first-order valence-corrected chi connectivity index (χ1v) is 7.92. The van der Waals surface area contributed by atoms with E-state index in [1.165, 1.54) is 0 Å². The van der Waals surface area contributed by atoms with Gasteiger partial charge in [-0.15, -0.1) is 0 Å². The minimum Gasteiger partial charge on any atom is -0.392 e. The highest BCUT2D eigenvalue weighted by Crippen LogP contribution is 2.25. The lowest BCUT2D eigenvalue weighted by molar-refractivity contribution is -0.0365. The van der Waals surface area contributed by atoms with Gasteiger partial charge in [0.15, 0.2) is 0 Å². The van der Waals surface area contributed by atoms with Crippen LogP contribution in [0.5, 0.6) is 0 Å². The Hall–Kier alpha value is -0.340. The van der Waals surface area contributed by atoms with Crippen LogP contribution in [-0.2, 0) is 4.74 Å². The van der Waals surface area contributed by atoms with Crippen molar-refractivity contribution in [3.05, 3.63) is 12.2 Å². The van der Waals surface area contributed by atoms with Crippen molar-refractivity contribution in [3.8, 4) is 0 Å². The van der Waals surface area contributed by atoms with Crippen LogP contribution in [0.4, 0.5) is 0 Å². The van der Waals surface area contributed by atoms with Gasteiger partial charge < -0.3 is 9.84 Å². The van der Waals surface area contributed by atoms with Crippen LogP contribution in [0, 0.1) is 23.7 Å². The molecule has 2 heteroatoms.